The van der Waals surface area contributed by atoms with Gasteiger partial charge in [0, 0.05) is 67.5 Å². The zero-order chi connectivity index (χ0) is 69.0. The number of aliphatic hydroxyl groups is 7. The van der Waals surface area contributed by atoms with Crippen LogP contribution in [0.1, 0.15) is 166 Å². The summed E-state index contributed by atoms with van der Waals surface area (Å²) in [6.07, 6.45) is -15.1. The van der Waals surface area contributed by atoms with Gasteiger partial charge in [-0.25, -0.2) is 0 Å². The largest absolute Gasteiger partial charge is 0.462 e. The Hall–Kier alpha value is -1.98. The van der Waals surface area contributed by atoms with Crippen molar-refractivity contribution in [2.45, 2.75) is 349 Å². The Bertz CT molecular complexity index is 2490. The Morgan fingerprint density at radius 3 is 1.45 bits per heavy atom. The van der Waals surface area contributed by atoms with Gasteiger partial charge in [0.1, 0.15) is 72.7 Å². The van der Waals surface area contributed by atoms with E-state index < -0.39 is 201 Å². The Labute approximate surface area is 559 Å². The van der Waals surface area contributed by atoms with Crippen molar-refractivity contribution in [3.8, 4) is 0 Å². The number of carbonyl (C=O) groups is 2. The lowest BCUT2D eigenvalue weighted by atomic mass is 9.42. The first-order chi connectivity index (χ1) is 45.0. The fourth-order valence-electron chi connectivity index (χ4n) is 18.5. The summed E-state index contributed by atoms with van der Waals surface area (Å²) in [5.74, 6) is -1.21. The Kier molecular flexibility index (Phi) is 24.6. The zero-order valence-electron chi connectivity index (χ0n) is 58.4. The minimum atomic E-state index is -1.64. The van der Waals surface area contributed by atoms with E-state index in [-0.39, 0.29) is 60.9 Å². The molecule has 0 bridgehead atoms. The second-order valence-electron chi connectivity index (χ2n) is 29.7. The van der Waals surface area contributed by atoms with Crippen molar-refractivity contribution in [1.82, 2.24) is 0 Å². The second kappa shape index (κ2) is 30.9. The van der Waals surface area contributed by atoms with E-state index in [2.05, 4.69) is 6.92 Å². The van der Waals surface area contributed by atoms with Gasteiger partial charge in [-0.2, -0.15) is 0 Å². The lowest BCUT2D eigenvalue weighted by Crippen LogP contribution is -2.72. The monoisotopic (exact) mass is 1360 g/mol. The van der Waals surface area contributed by atoms with Gasteiger partial charge in [-0.05, 0) is 122 Å². The molecule has 36 atom stereocenters. The molecule has 0 unspecified atom stereocenters. The summed E-state index contributed by atoms with van der Waals surface area (Å²) in [5.41, 5.74) is -4.55. The number of hydrogen-bond acceptors (Lipinski definition) is 27. The van der Waals surface area contributed by atoms with Gasteiger partial charge in [-0.3, -0.25) is 9.59 Å². The van der Waals surface area contributed by atoms with E-state index in [9.17, 15) is 45.3 Å². The van der Waals surface area contributed by atoms with Gasteiger partial charge in [-0.1, -0.05) is 27.7 Å². The van der Waals surface area contributed by atoms with Crippen molar-refractivity contribution in [3.05, 3.63) is 0 Å². The van der Waals surface area contributed by atoms with E-state index in [1.807, 2.05) is 41.5 Å². The van der Waals surface area contributed by atoms with Crippen LogP contribution in [-0.4, -0.2) is 266 Å². The summed E-state index contributed by atoms with van der Waals surface area (Å²) in [6, 6.07) is 0. The number of aliphatic hydroxyl groups excluding tert-OH is 5. The predicted octanol–water partition coefficient (Wildman–Crippen LogP) is 3.60. The molecule has 0 radical (unpaired) electrons. The third-order valence-corrected chi connectivity index (χ3v) is 24.4. The molecular formula is C68H114O27. The highest BCUT2D eigenvalue weighted by Gasteiger charge is 2.77. The average Bonchev–Trinajstić information content (AvgIpc) is 1.59. The van der Waals surface area contributed by atoms with Crippen molar-refractivity contribution in [2.75, 3.05) is 35.0 Å². The van der Waals surface area contributed by atoms with Crippen LogP contribution in [0.5, 0.6) is 0 Å². The van der Waals surface area contributed by atoms with E-state index in [4.69, 9.17) is 85.3 Å². The van der Waals surface area contributed by atoms with Crippen LogP contribution in [0.25, 0.3) is 0 Å². The summed E-state index contributed by atoms with van der Waals surface area (Å²) in [5, 5.41) is 78.5. The third-order valence-electron chi connectivity index (χ3n) is 24.4. The molecule has 10 rings (SSSR count). The lowest BCUT2D eigenvalue weighted by molar-refractivity contribution is -0.359. The molecule has 27 heteroatoms. The van der Waals surface area contributed by atoms with Crippen molar-refractivity contribution in [1.29, 1.82) is 0 Å². The molecule has 10 fully saturated rings. The normalized spacial score (nSPS) is 50.9. The molecule has 0 aromatic rings. The second-order valence-corrected chi connectivity index (χ2v) is 29.7. The smallest absolute Gasteiger partial charge is 0.309 e. The van der Waals surface area contributed by atoms with Gasteiger partial charge in [0.05, 0.1) is 90.7 Å². The van der Waals surface area contributed by atoms with Crippen LogP contribution < -0.4 is 0 Å². The maximum atomic E-state index is 13.1. The molecule has 10 aliphatic rings. The van der Waals surface area contributed by atoms with E-state index in [0.717, 1.165) is 25.7 Å². The van der Waals surface area contributed by atoms with Crippen LogP contribution in [0.2, 0.25) is 0 Å². The van der Waals surface area contributed by atoms with Crippen molar-refractivity contribution >= 4 is 11.9 Å². The molecule has 6 heterocycles. The topological polar surface area (TPSA) is 342 Å². The molecule has 7 N–H and O–H groups in total. The van der Waals surface area contributed by atoms with E-state index >= 15 is 0 Å². The summed E-state index contributed by atoms with van der Waals surface area (Å²) >= 11 is 0. The van der Waals surface area contributed by atoms with Gasteiger partial charge in [-0.15, -0.1) is 0 Å². The molecular weight excluding hydrogens is 1250 g/mol. The highest BCUT2D eigenvalue weighted by atomic mass is 16.8. The molecule has 6 saturated heterocycles. The number of rotatable bonds is 22. The molecule has 6 aliphatic heterocycles. The van der Waals surface area contributed by atoms with Gasteiger partial charge in [0.15, 0.2) is 37.7 Å². The van der Waals surface area contributed by atoms with Crippen molar-refractivity contribution < 1.29 is 131 Å². The molecule has 0 amide bonds. The number of fused-ring (bicyclic) bond motifs is 5. The number of esters is 2. The number of methoxy groups -OCH3 is 4. The Morgan fingerprint density at radius 2 is 1.00 bits per heavy atom. The van der Waals surface area contributed by atoms with Gasteiger partial charge in [0.2, 0.25) is 0 Å². The van der Waals surface area contributed by atoms with Crippen molar-refractivity contribution in [2.24, 2.45) is 34.5 Å². The van der Waals surface area contributed by atoms with Gasteiger partial charge in [0.25, 0.3) is 0 Å². The Morgan fingerprint density at radius 1 is 0.537 bits per heavy atom. The highest BCUT2D eigenvalue weighted by Crippen LogP contribution is 2.71. The van der Waals surface area contributed by atoms with E-state index in [0.29, 0.717) is 38.5 Å². The molecule has 95 heavy (non-hydrogen) atoms. The molecule has 4 saturated carbocycles. The average molecular weight is 1360 g/mol. The van der Waals surface area contributed by atoms with E-state index in [1.54, 1.807) is 42.1 Å². The minimum absolute atomic E-state index is 0.0141. The summed E-state index contributed by atoms with van der Waals surface area (Å²) in [7, 11) is 6.33. The Balaban J connectivity index is 0.678. The fraction of sp³-hybridized carbons (Fsp3) is 0.971. The minimum Gasteiger partial charge on any atom is -0.462 e. The van der Waals surface area contributed by atoms with Crippen LogP contribution in [0.15, 0.2) is 0 Å². The fourth-order valence-corrected chi connectivity index (χ4v) is 18.5. The molecule has 0 aromatic heterocycles. The summed E-state index contributed by atoms with van der Waals surface area (Å²) < 4.78 is 113. The molecule has 27 nitrogen and oxygen atoms in total. The number of carbonyl (C=O) groups excluding carboxylic acids is 2. The van der Waals surface area contributed by atoms with Crippen LogP contribution >= 0.6 is 0 Å². The summed E-state index contributed by atoms with van der Waals surface area (Å²) in [6.45, 7) is 19.6. The van der Waals surface area contributed by atoms with Crippen LogP contribution in [0.3, 0.4) is 0 Å². The molecule has 0 aromatic carbocycles. The maximum absolute atomic E-state index is 13.1. The molecule has 548 valence electrons. The maximum Gasteiger partial charge on any atom is 0.309 e. The van der Waals surface area contributed by atoms with Crippen LogP contribution in [0, 0.1) is 34.5 Å². The standard InChI is InChI=1S/C68H114O27/c1-16-31(2)63(75)87-37(8)67(76)21-22-68(77)41-18-17-39-23-40(19-20-65(39,10)42(41)24-49(66(67,68)11)88-38(9)70)89-50-25-43(71)58(32(3)82-50)91-51-26-44(78-12)59(33(4)83-51)92-52-27-45(79-13)60(34(5)84-52)93-53-28-46(80-14)61(35(6)85-53)94-54-29-47(81-15)62(36(7)86-54)95-64-57(74)56(73)55(72)48(30-69)90-64/h31-37,39-62,64,69,71-74,76-77H,16-30H2,1-15H3/t31-,32-,33-,34-,35-,36-,37-,39+,40-,41-,42+,43-,44-,45-,46-,47-,48+,49-,50+,51+,52+,53+,54+,55+,56-,57+,58-,59-,60-,61-,62-,64-,65-,66-,67-,68-/m1/s1. The SMILES string of the molecule is CC[C@@H](C)C(=O)O[C@H](C)[C@]1(O)CC[C@@]2(O)[C@@H]3CC[C@H]4C[C@H](O[C@H]5C[C@@H](O)[C@H](O[C@H]6C[C@@H](OC)[C@H](O[C@H]7C[C@@H](OC)[C@H](O[C@H]8C[C@@H](OC)[C@H](O[C@H]9C[C@@H](OC)[C@H](O[C@H]%10O[C@@H](CO)[C@H](O)[C@@H](O)[C@@H]%10O)[C@@H](C)O9)[C@@H](C)O8)[C@@H](C)O7)[C@@H](C)O6)[C@@H](C)O5)CC[C@@]4(C)[C@H]3C[C@@H](OC(C)=O)[C@@]21C. The first-order valence-electron chi connectivity index (χ1n) is 35.1. The quantitative estimate of drug-likeness (QED) is 0.0601. The number of hydrogen-bond donors (Lipinski definition) is 7. The van der Waals surface area contributed by atoms with Gasteiger partial charge >= 0.3 is 11.9 Å². The van der Waals surface area contributed by atoms with Crippen LogP contribution in [-0.2, 0) is 94.9 Å². The third kappa shape index (κ3) is 14.9. The van der Waals surface area contributed by atoms with E-state index in [1.165, 1.54) is 14.0 Å². The van der Waals surface area contributed by atoms with Crippen LogP contribution in [0.4, 0.5) is 0 Å². The predicted molar refractivity (Wildman–Crippen MR) is 331 cm³/mol. The highest BCUT2D eigenvalue weighted by molar-refractivity contribution is 5.72. The molecule has 0 spiro atoms. The van der Waals surface area contributed by atoms with Gasteiger partial charge < -0.3 is 121 Å². The first-order valence-corrected chi connectivity index (χ1v) is 35.1. The zero-order valence-corrected chi connectivity index (χ0v) is 58.4. The first kappa shape index (κ1) is 75.7. The lowest BCUT2D eigenvalue weighted by Gasteiger charge is -2.66. The summed E-state index contributed by atoms with van der Waals surface area (Å²) in [4.78, 5) is 25.9. The molecule has 4 aliphatic carbocycles. The number of ether oxygens (including phenoxy) is 18. The van der Waals surface area contributed by atoms with Crippen molar-refractivity contribution in [3.63, 3.8) is 0 Å².